The van der Waals surface area contributed by atoms with Crippen molar-refractivity contribution in [1.82, 2.24) is 25.0 Å². The Morgan fingerprint density at radius 3 is 2.79 bits per heavy atom. The van der Waals surface area contributed by atoms with Crippen LogP contribution in [0.3, 0.4) is 0 Å². The van der Waals surface area contributed by atoms with Gasteiger partial charge in [0.15, 0.2) is 17.1 Å². The molecule has 1 aromatic carbocycles. The van der Waals surface area contributed by atoms with E-state index in [4.69, 9.17) is 9.47 Å². The third-order valence-corrected chi connectivity index (χ3v) is 7.58. The number of ether oxygens (including phenoxy) is 2. The van der Waals surface area contributed by atoms with E-state index >= 15 is 0 Å². The highest BCUT2D eigenvalue weighted by Crippen LogP contribution is 2.35. The Labute approximate surface area is 201 Å². The molecule has 1 atom stereocenters. The zero-order valence-corrected chi connectivity index (χ0v) is 20.6. The molecule has 3 aromatic rings. The van der Waals surface area contributed by atoms with E-state index < -0.39 is 0 Å². The Hall–Kier alpha value is -2.66. The molecule has 11 heteroatoms. The summed E-state index contributed by atoms with van der Waals surface area (Å²) in [6.45, 7) is 1.91. The van der Waals surface area contributed by atoms with Gasteiger partial charge in [-0.15, -0.1) is 20.4 Å². The number of nitrogens with zero attached hydrogens (tertiary/aromatic N) is 5. The van der Waals surface area contributed by atoms with Crippen molar-refractivity contribution < 1.29 is 14.3 Å². The summed E-state index contributed by atoms with van der Waals surface area (Å²) in [6.07, 6.45) is 5.78. The van der Waals surface area contributed by atoms with Gasteiger partial charge < -0.3 is 14.0 Å². The molecule has 2 aromatic heterocycles. The van der Waals surface area contributed by atoms with Crippen molar-refractivity contribution >= 4 is 34.1 Å². The SMILES string of the molecule is COc1cccc(OC(C)c2nnc(SCC(=O)Nc3nnc(C4CCCCC4)s3)n2C)c1. The number of rotatable bonds is 9. The Bertz CT molecular complexity index is 1080. The van der Waals surface area contributed by atoms with Crippen LogP contribution in [0.5, 0.6) is 11.5 Å². The maximum Gasteiger partial charge on any atom is 0.236 e. The lowest BCUT2D eigenvalue weighted by Crippen LogP contribution is -2.14. The highest BCUT2D eigenvalue weighted by Gasteiger charge is 2.21. The first-order chi connectivity index (χ1) is 16.0. The van der Waals surface area contributed by atoms with Crippen LogP contribution in [0.15, 0.2) is 29.4 Å². The van der Waals surface area contributed by atoms with E-state index in [9.17, 15) is 4.79 Å². The van der Waals surface area contributed by atoms with E-state index in [1.807, 2.05) is 42.8 Å². The maximum absolute atomic E-state index is 12.4. The molecule has 1 unspecified atom stereocenters. The minimum absolute atomic E-state index is 0.142. The molecule has 1 N–H and O–H groups in total. The third-order valence-electron chi connectivity index (χ3n) is 5.56. The molecular weight excluding hydrogens is 460 g/mol. The number of carbonyl (C=O) groups excluding carboxylic acids is 1. The largest absolute Gasteiger partial charge is 0.497 e. The van der Waals surface area contributed by atoms with E-state index in [0.717, 1.165) is 23.6 Å². The van der Waals surface area contributed by atoms with Gasteiger partial charge in [-0.25, -0.2) is 0 Å². The maximum atomic E-state index is 12.4. The van der Waals surface area contributed by atoms with Crippen LogP contribution in [0.25, 0.3) is 0 Å². The first kappa shape index (κ1) is 23.5. The van der Waals surface area contributed by atoms with Crippen LogP contribution < -0.4 is 14.8 Å². The molecule has 0 radical (unpaired) electrons. The number of aromatic nitrogens is 5. The second-order valence-corrected chi connectivity index (χ2v) is 9.91. The highest BCUT2D eigenvalue weighted by atomic mass is 32.2. The second kappa shape index (κ2) is 11.0. The lowest BCUT2D eigenvalue weighted by molar-refractivity contribution is -0.113. The number of benzene rings is 1. The molecule has 2 heterocycles. The average molecular weight is 489 g/mol. The van der Waals surface area contributed by atoms with Crippen molar-refractivity contribution in [1.29, 1.82) is 0 Å². The number of methoxy groups -OCH3 is 1. The molecule has 9 nitrogen and oxygen atoms in total. The van der Waals surface area contributed by atoms with E-state index in [0.29, 0.717) is 27.8 Å². The topological polar surface area (TPSA) is 104 Å². The van der Waals surface area contributed by atoms with Gasteiger partial charge in [0.05, 0.1) is 12.9 Å². The summed E-state index contributed by atoms with van der Waals surface area (Å²) >= 11 is 2.80. The number of thioether (sulfide) groups is 1. The number of hydrogen-bond acceptors (Lipinski definition) is 9. The molecule has 0 spiro atoms. The number of nitrogens with one attached hydrogen (secondary N) is 1. The predicted octanol–water partition coefficient (Wildman–Crippen LogP) is 4.59. The average Bonchev–Trinajstić information content (AvgIpc) is 3.45. The van der Waals surface area contributed by atoms with Crippen molar-refractivity contribution in [2.24, 2.45) is 7.05 Å². The first-order valence-electron chi connectivity index (χ1n) is 11.0. The standard InChI is InChI=1S/C22H28N6O3S2/c1-14(31-17-11-7-10-16(12-17)30-3)19-24-27-22(28(19)2)32-13-18(29)23-21-26-25-20(33-21)15-8-5-4-6-9-15/h7,10-12,14-15H,4-6,8-9,13H2,1-3H3,(H,23,26,29). The van der Waals surface area contributed by atoms with Crippen LogP contribution in [-0.2, 0) is 11.8 Å². The molecular formula is C22H28N6O3S2. The summed E-state index contributed by atoms with van der Waals surface area (Å²) in [4.78, 5) is 12.4. The lowest BCUT2D eigenvalue weighted by atomic mass is 9.90. The molecule has 1 aliphatic rings. The summed E-state index contributed by atoms with van der Waals surface area (Å²) in [5.74, 6) is 2.62. The first-order valence-corrected chi connectivity index (χ1v) is 12.8. The van der Waals surface area contributed by atoms with Crippen LogP contribution in [0.1, 0.15) is 61.9 Å². The van der Waals surface area contributed by atoms with Gasteiger partial charge in [-0.2, -0.15) is 0 Å². The molecule has 33 heavy (non-hydrogen) atoms. The lowest BCUT2D eigenvalue weighted by Gasteiger charge is -2.18. The van der Waals surface area contributed by atoms with Gasteiger partial charge in [-0.1, -0.05) is 48.4 Å². The number of amides is 1. The van der Waals surface area contributed by atoms with E-state index in [-0.39, 0.29) is 17.8 Å². The zero-order valence-electron chi connectivity index (χ0n) is 19.0. The van der Waals surface area contributed by atoms with Gasteiger partial charge in [0.1, 0.15) is 16.5 Å². The predicted molar refractivity (Wildman–Crippen MR) is 128 cm³/mol. The second-order valence-electron chi connectivity index (χ2n) is 7.96. The molecule has 1 saturated carbocycles. The summed E-state index contributed by atoms with van der Waals surface area (Å²) in [5, 5.41) is 22.0. The Kier molecular flexibility index (Phi) is 7.81. The number of anilines is 1. The van der Waals surface area contributed by atoms with Gasteiger partial charge >= 0.3 is 0 Å². The van der Waals surface area contributed by atoms with Crippen molar-refractivity contribution in [3.05, 3.63) is 35.1 Å². The Morgan fingerprint density at radius 2 is 2.00 bits per heavy atom. The van der Waals surface area contributed by atoms with E-state index in [1.54, 1.807) is 7.11 Å². The van der Waals surface area contributed by atoms with Crippen molar-refractivity contribution in [2.45, 2.75) is 56.2 Å². The molecule has 1 fully saturated rings. The van der Waals surface area contributed by atoms with Crippen LogP contribution in [0, 0.1) is 0 Å². The van der Waals surface area contributed by atoms with Gasteiger partial charge in [0.2, 0.25) is 11.0 Å². The van der Waals surface area contributed by atoms with Gasteiger partial charge in [-0.05, 0) is 31.9 Å². The molecule has 176 valence electrons. The fourth-order valence-electron chi connectivity index (χ4n) is 3.82. The summed E-state index contributed by atoms with van der Waals surface area (Å²) in [6, 6.07) is 7.41. The summed E-state index contributed by atoms with van der Waals surface area (Å²) in [7, 11) is 3.48. The quantitative estimate of drug-likeness (QED) is 0.436. The fraction of sp³-hybridized carbons (Fsp3) is 0.500. The van der Waals surface area contributed by atoms with Crippen molar-refractivity contribution in [2.75, 3.05) is 18.2 Å². The van der Waals surface area contributed by atoms with Crippen molar-refractivity contribution in [3.8, 4) is 11.5 Å². The molecule has 0 bridgehead atoms. The molecule has 4 rings (SSSR count). The minimum atomic E-state index is -0.322. The Morgan fingerprint density at radius 1 is 1.21 bits per heavy atom. The fourth-order valence-corrected chi connectivity index (χ4v) is 5.47. The normalized spacial score (nSPS) is 15.2. The molecule has 0 saturated heterocycles. The number of hydrogen-bond donors (Lipinski definition) is 1. The molecule has 1 amide bonds. The van der Waals surface area contributed by atoms with E-state index in [1.165, 1.54) is 42.4 Å². The van der Waals surface area contributed by atoms with Gasteiger partial charge in [0, 0.05) is 19.0 Å². The third kappa shape index (κ3) is 6.02. The highest BCUT2D eigenvalue weighted by molar-refractivity contribution is 7.99. The monoisotopic (exact) mass is 488 g/mol. The Balaban J connectivity index is 1.30. The number of carbonyl (C=O) groups is 1. The van der Waals surface area contributed by atoms with Crippen LogP contribution in [0.2, 0.25) is 0 Å². The van der Waals surface area contributed by atoms with E-state index in [2.05, 4.69) is 25.7 Å². The molecule has 0 aliphatic heterocycles. The smallest absolute Gasteiger partial charge is 0.236 e. The van der Waals surface area contributed by atoms with Crippen molar-refractivity contribution in [3.63, 3.8) is 0 Å². The summed E-state index contributed by atoms with van der Waals surface area (Å²) in [5.41, 5.74) is 0. The van der Waals surface area contributed by atoms with Crippen LogP contribution in [0.4, 0.5) is 5.13 Å². The summed E-state index contributed by atoms with van der Waals surface area (Å²) < 4.78 is 13.1. The zero-order chi connectivity index (χ0) is 23.2. The van der Waals surface area contributed by atoms with Gasteiger partial charge in [-0.3, -0.25) is 10.1 Å². The van der Waals surface area contributed by atoms with Gasteiger partial charge in [0.25, 0.3) is 0 Å². The van der Waals surface area contributed by atoms with Crippen LogP contribution >= 0.6 is 23.1 Å². The van der Waals surface area contributed by atoms with Crippen LogP contribution in [-0.4, -0.2) is 43.7 Å². The minimum Gasteiger partial charge on any atom is -0.497 e. The molecule has 1 aliphatic carbocycles.